The van der Waals surface area contributed by atoms with Crippen LogP contribution in [0.2, 0.25) is 0 Å². The van der Waals surface area contributed by atoms with Crippen LogP contribution in [-0.2, 0) is 10.7 Å². The molecule has 0 heterocycles. The average molecular weight is 275 g/mol. The summed E-state index contributed by atoms with van der Waals surface area (Å²) < 4.78 is 22.7. The van der Waals surface area contributed by atoms with Crippen molar-refractivity contribution in [2.24, 2.45) is 0 Å². The molecular weight excluding hydrogens is 259 g/mol. The van der Waals surface area contributed by atoms with Crippen LogP contribution in [0, 0.1) is 0 Å². The number of hydrogen-bond donors (Lipinski definition) is 0. The minimum absolute atomic E-state index is 0.479. The van der Waals surface area contributed by atoms with E-state index >= 15 is 0 Å². The van der Waals surface area contributed by atoms with E-state index in [1.807, 2.05) is 42.5 Å². The van der Waals surface area contributed by atoms with E-state index in [1.54, 1.807) is 20.3 Å². The van der Waals surface area contributed by atoms with E-state index in [-0.39, 0.29) is 0 Å². The van der Waals surface area contributed by atoms with Gasteiger partial charge in [-0.1, -0.05) is 18.2 Å². The molecule has 1 radical (unpaired) electrons. The summed E-state index contributed by atoms with van der Waals surface area (Å²) in [6.45, 7) is 0. The molecule has 0 amide bonds. The lowest BCUT2D eigenvalue weighted by atomic mass is 10.2. The molecule has 2 aromatic carbocycles. The standard InChI is InChI=1S/C15H16O3P/c1-17-13-8-12(9-14(10-13)18-2)11-19(16)15-6-4-3-5-7-15/h3-10H,11H2,1-2H3. The molecule has 1 unspecified atom stereocenters. The molecule has 0 saturated heterocycles. The van der Waals surface area contributed by atoms with Crippen LogP contribution in [0.15, 0.2) is 48.5 Å². The van der Waals surface area contributed by atoms with Crippen molar-refractivity contribution in [2.45, 2.75) is 6.16 Å². The Morgan fingerprint density at radius 1 is 0.947 bits per heavy atom. The van der Waals surface area contributed by atoms with E-state index in [2.05, 4.69) is 0 Å². The van der Waals surface area contributed by atoms with Crippen molar-refractivity contribution in [3.63, 3.8) is 0 Å². The Bertz CT molecular complexity index is 545. The number of benzene rings is 2. The molecule has 0 aromatic heterocycles. The first-order chi connectivity index (χ1) is 9.22. The summed E-state index contributed by atoms with van der Waals surface area (Å²) in [5.41, 5.74) is 0.946. The maximum absolute atomic E-state index is 12.3. The van der Waals surface area contributed by atoms with Crippen LogP contribution in [0.3, 0.4) is 0 Å². The van der Waals surface area contributed by atoms with Crippen molar-refractivity contribution < 1.29 is 14.0 Å². The van der Waals surface area contributed by atoms with Gasteiger partial charge in [0.05, 0.1) is 14.2 Å². The molecule has 0 aliphatic carbocycles. The van der Waals surface area contributed by atoms with E-state index in [0.717, 1.165) is 10.9 Å². The van der Waals surface area contributed by atoms with Crippen LogP contribution in [0.5, 0.6) is 11.5 Å². The number of rotatable bonds is 5. The summed E-state index contributed by atoms with van der Waals surface area (Å²) in [5, 5.41) is 0.860. The van der Waals surface area contributed by atoms with Gasteiger partial charge >= 0.3 is 0 Å². The van der Waals surface area contributed by atoms with Gasteiger partial charge in [0, 0.05) is 17.5 Å². The molecule has 2 aromatic rings. The lowest BCUT2D eigenvalue weighted by Gasteiger charge is -2.08. The average Bonchev–Trinajstić information content (AvgIpc) is 2.47. The highest BCUT2D eigenvalue weighted by molar-refractivity contribution is 7.52. The second-order valence-corrected chi connectivity index (χ2v) is 5.68. The predicted octanol–water partition coefficient (Wildman–Crippen LogP) is 3.36. The highest BCUT2D eigenvalue weighted by Gasteiger charge is 2.08. The Balaban J connectivity index is 2.21. The Morgan fingerprint density at radius 2 is 1.53 bits per heavy atom. The summed E-state index contributed by atoms with van der Waals surface area (Å²) in [4.78, 5) is 0. The van der Waals surface area contributed by atoms with Crippen molar-refractivity contribution in [1.82, 2.24) is 0 Å². The molecule has 2 rings (SSSR count). The predicted molar refractivity (Wildman–Crippen MR) is 76.9 cm³/mol. The minimum atomic E-state index is -1.45. The van der Waals surface area contributed by atoms with E-state index in [0.29, 0.717) is 17.7 Å². The summed E-state index contributed by atoms with van der Waals surface area (Å²) in [7, 11) is 1.77. The summed E-state index contributed by atoms with van der Waals surface area (Å²) in [6, 6.07) is 15.1. The van der Waals surface area contributed by atoms with Gasteiger partial charge in [-0.2, -0.15) is 0 Å². The van der Waals surface area contributed by atoms with Crippen LogP contribution in [-0.4, -0.2) is 14.2 Å². The van der Waals surface area contributed by atoms with Crippen LogP contribution < -0.4 is 14.8 Å². The first-order valence-corrected chi connectivity index (χ1v) is 7.39. The molecule has 0 saturated carbocycles. The summed E-state index contributed by atoms with van der Waals surface area (Å²) in [5.74, 6) is 1.43. The van der Waals surface area contributed by atoms with Gasteiger partial charge in [-0.05, 0) is 29.8 Å². The van der Waals surface area contributed by atoms with Gasteiger partial charge in [0.25, 0.3) is 0 Å². The number of methoxy groups -OCH3 is 2. The van der Waals surface area contributed by atoms with E-state index in [4.69, 9.17) is 9.47 Å². The van der Waals surface area contributed by atoms with Crippen molar-refractivity contribution in [2.75, 3.05) is 14.2 Å². The van der Waals surface area contributed by atoms with E-state index < -0.39 is 7.80 Å². The molecular formula is C15H16O3P. The highest BCUT2D eigenvalue weighted by atomic mass is 31.1. The quantitative estimate of drug-likeness (QED) is 0.785. The Kier molecular flexibility index (Phi) is 4.53. The Labute approximate surface area is 114 Å². The summed E-state index contributed by atoms with van der Waals surface area (Å²) >= 11 is 0. The van der Waals surface area contributed by atoms with Gasteiger partial charge in [0.2, 0.25) is 0 Å². The zero-order valence-electron chi connectivity index (χ0n) is 11.0. The number of ether oxygens (including phenoxy) is 2. The lowest BCUT2D eigenvalue weighted by molar-refractivity contribution is 0.393. The van der Waals surface area contributed by atoms with Crippen LogP contribution in [0.1, 0.15) is 5.56 Å². The van der Waals surface area contributed by atoms with Crippen molar-refractivity contribution in [3.05, 3.63) is 54.1 Å². The monoisotopic (exact) mass is 275 g/mol. The zero-order valence-corrected chi connectivity index (χ0v) is 11.9. The van der Waals surface area contributed by atoms with Crippen molar-refractivity contribution in [3.8, 4) is 11.5 Å². The molecule has 0 bridgehead atoms. The summed E-state index contributed by atoms with van der Waals surface area (Å²) in [6.07, 6.45) is 0.479. The molecule has 0 aliphatic rings. The number of hydrogen-bond acceptors (Lipinski definition) is 3. The van der Waals surface area contributed by atoms with Crippen LogP contribution >= 0.6 is 7.80 Å². The van der Waals surface area contributed by atoms with Gasteiger partial charge in [0.1, 0.15) is 19.3 Å². The normalized spacial score (nSPS) is 10.9. The third-order valence-electron chi connectivity index (χ3n) is 2.78. The van der Waals surface area contributed by atoms with Gasteiger partial charge in [-0.15, -0.1) is 0 Å². The highest BCUT2D eigenvalue weighted by Crippen LogP contribution is 2.30. The van der Waals surface area contributed by atoms with E-state index in [9.17, 15) is 4.57 Å². The molecule has 19 heavy (non-hydrogen) atoms. The molecule has 0 N–H and O–H groups in total. The minimum Gasteiger partial charge on any atom is -0.497 e. The maximum atomic E-state index is 12.3. The fraction of sp³-hybridized carbons (Fsp3) is 0.200. The lowest BCUT2D eigenvalue weighted by Crippen LogP contribution is -1.97. The molecule has 0 fully saturated rings. The van der Waals surface area contributed by atoms with Crippen molar-refractivity contribution in [1.29, 1.82) is 0 Å². The molecule has 4 heteroatoms. The van der Waals surface area contributed by atoms with E-state index in [1.165, 1.54) is 0 Å². The van der Waals surface area contributed by atoms with Gasteiger partial charge in [-0.25, -0.2) is 0 Å². The molecule has 1 atom stereocenters. The smallest absolute Gasteiger partial charge is 0.122 e. The van der Waals surface area contributed by atoms with Crippen LogP contribution in [0.25, 0.3) is 0 Å². The van der Waals surface area contributed by atoms with Gasteiger partial charge in [0.15, 0.2) is 0 Å². The molecule has 3 nitrogen and oxygen atoms in total. The van der Waals surface area contributed by atoms with Crippen LogP contribution in [0.4, 0.5) is 0 Å². The second-order valence-electron chi connectivity index (χ2n) is 4.09. The fourth-order valence-electron chi connectivity index (χ4n) is 1.81. The third-order valence-corrected chi connectivity index (χ3v) is 4.31. The van der Waals surface area contributed by atoms with Gasteiger partial charge in [-0.3, -0.25) is 4.57 Å². The zero-order chi connectivity index (χ0) is 13.7. The SMILES string of the molecule is COc1cc(C[P](=O)c2ccccc2)cc(OC)c1. The second kappa shape index (κ2) is 6.35. The topological polar surface area (TPSA) is 35.5 Å². The molecule has 0 aliphatic heterocycles. The largest absolute Gasteiger partial charge is 0.497 e. The Hall–Kier alpha value is -1.86. The first kappa shape index (κ1) is 13.6. The first-order valence-electron chi connectivity index (χ1n) is 5.94. The molecule has 99 valence electrons. The fourth-order valence-corrected chi connectivity index (χ4v) is 3.01. The van der Waals surface area contributed by atoms with Crippen molar-refractivity contribution >= 4 is 13.1 Å². The molecule has 0 spiro atoms. The van der Waals surface area contributed by atoms with Gasteiger partial charge < -0.3 is 9.47 Å². The maximum Gasteiger partial charge on any atom is 0.122 e. The third kappa shape index (κ3) is 3.55. The Morgan fingerprint density at radius 3 is 2.05 bits per heavy atom.